The lowest BCUT2D eigenvalue weighted by Crippen LogP contribution is -2.49. The van der Waals surface area contributed by atoms with Gasteiger partial charge < -0.3 is 15.0 Å². The van der Waals surface area contributed by atoms with Gasteiger partial charge in [-0.1, -0.05) is 39.8 Å². The van der Waals surface area contributed by atoms with Gasteiger partial charge in [-0.05, 0) is 36.9 Å². The molecule has 0 spiro atoms. The third-order valence-corrected chi connectivity index (χ3v) is 4.12. The van der Waals surface area contributed by atoms with E-state index in [1.165, 1.54) is 12.1 Å². The van der Waals surface area contributed by atoms with Gasteiger partial charge in [0.25, 0.3) is 0 Å². The van der Waals surface area contributed by atoms with Crippen molar-refractivity contribution >= 4 is 5.69 Å². The molecule has 21 heavy (non-hydrogen) atoms. The van der Waals surface area contributed by atoms with Gasteiger partial charge in [0.05, 0.1) is 12.3 Å². The van der Waals surface area contributed by atoms with Crippen LogP contribution in [0.5, 0.6) is 5.75 Å². The van der Waals surface area contributed by atoms with Crippen LogP contribution >= 0.6 is 0 Å². The number of hydrogen-bond acceptors (Lipinski definition) is 3. The summed E-state index contributed by atoms with van der Waals surface area (Å²) in [5, 5.41) is 3.73. The number of hydrogen-bond donors (Lipinski definition) is 1. The van der Waals surface area contributed by atoms with Gasteiger partial charge in [0.15, 0.2) is 0 Å². The molecule has 1 N–H and O–H groups in total. The summed E-state index contributed by atoms with van der Waals surface area (Å²) < 4.78 is 5.86. The van der Waals surface area contributed by atoms with E-state index in [1.807, 2.05) is 0 Å². The molecule has 0 saturated heterocycles. The lowest BCUT2D eigenvalue weighted by Gasteiger charge is -2.37. The second kappa shape index (κ2) is 7.17. The number of anilines is 1. The van der Waals surface area contributed by atoms with Gasteiger partial charge in [0, 0.05) is 19.1 Å². The maximum absolute atomic E-state index is 5.86. The smallest absolute Gasteiger partial charge is 0.142 e. The Bertz CT molecular complexity index is 439. The Morgan fingerprint density at radius 2 is 2.05 bits per heavy atom. The van der Waals surface area contributed by atoms with Gasteiger partial charge in [-0.2, -0.15) is 0 Å². The maximum atomic E-state index is 5.86. The minimum Gasteiger partial charge on any atom is -0.491 e. The van der Waals surface area contributed by atoms with Crippen molar-refractivity contribution in [2.75, 3.05) is 31.1 Å². The molecule has 3 nitrogen and oxygen atoms in total. The molecule has 0 radical (unpaired) electrons. The van der Waals surface area contributed by atoms with Crippen molar-refractivity contribution in [1.29, 1.82) is 0 Å². The van der Waals surface area contributed by atoms with Crippen LogP contribution in [-0.2, 0) is 0 Å². The zero-order chi connectivity index (χ0) is 15.3. The highest BCUT2D eigenvalue weighted by Gasteiger charge is 2.27. The summed E-state index contributed by atoms with van der Waals surface area (Å²) >= 11 is 0. The van der Waals surface area contributed by atoms with Crippen molar-refractivity contribution < 1.29 is 4.74 Å². The molecule has 0 saturated carbocycles. The van der Waals surface area contributed by atoms with Gasteiger partial charge in [-0.15, -0.1) is 0 Å². The molecule has 1 atom stereocenters. The van der Waals surface area contributed by atoms with E-state index in [2.05, 4.69) is 62.2 Å². The van der Waals surface area contributed by atoms with Gasteiger partial charge >= 0.3 is 0 Å². The van der Waals surface area contributed by atoms with E-state index in [4.69, 9.17) is 4.74 Å². The SMILES string of the molecule is CCCNC(CN1CCCOc2ccccc21)C(C)(C)C. The van der Waals surface area contributed by atoms with Crippen molar-refractivity contribution in [3.8, 4) is 5.75 Å². The van der Waals surface area contributed by atoms with Crippen molar-refractivity contribution in [3.63, 3.8) is 0 Å². The zero-order valence-electron chi connectivity index (χ0n) is 14.0. The van der Waals surface area contributed by atoms with Crippen molar-refractivity contribution in [1.82, 2.24) is 5.32 Å². The molecule has 0 amide bonds. The van der Waals surface area contributed by atoms with E-state index in [0.29, 0.717) is 6.04 Å². The summed E-state index contributed by atoms with van der Waals surface area (Å²) in [6, 6.07) is 8.90. The van der Waals surface area contributed by atoms with Gasteiger partial charge in [-0.3, -0.25) is 0 Å². The minimum absolute atomic E-state index is 0.247. The maximum Gasteiger partial charge on any atom is 0.142 e. The van der Waals surface area contributed by atoms with Crippen LogP contribution in [0.25, 0.3) is 0 Å². The van der Waals surface area contributed by atoms with Crippen molar-refractivity contribution in [2.45, 2.75) is 46.6 Å². The van der Waals surface area contributed by atoms with Gasteiger partial charge in [0.1, 0.15) is 5.75 Å². The summed E-state index contributed by atoms with van der Waals surface area (Å²) in [4.78, 5) is 2.49. The molecule has 1 unspecified atom stereocenters. The highest BCUT2D eigenvalue weighted by Crippen LogP contribution is 2.32. The molecule has 0 bridgehead atoms. The third kappa shape index (κ3) is 4.37. The molecular weight excluding hydrogens is 260 g/mol. The number of para-hydroxylation sites is 2. The Morgan fingerprint density at radius 3 is 2.76 bits per heavy atom. The number of rotatable bonds is 5. The lowest BCUT2D eigenvalue weighted by molar-refractivity contribution is 0.269. The summed E-state index contributed by atoms with van der Waals surface area (Å²) in [6.45, 7) is 13.2. The van der Waals surface area contributed by atoms with E-state index < -0.39 is 0 Å². The number of ether oxygens (including phenoxy) is 1. The standard InChI is InChI=1S/C18H30N2O/c1-5-11-19-17(18(2,3)4)14-20-12-8-13-21-16-10-7-6-9-15(16)20/h6-7,9-10,17,19H,5,8,11-14H2,1-4H3. The van der Waals surface area contributed by atoms with E-state index in [9.17, 15) is 0 Å². The van der Waals surface area contributed by atoms with Crippen LogP contribution in [0, 0.1) is 5.41 Å². The van der Waals surface area contributed by atoms with Crippen LogP contribution in [0.15, 0.2) is 24.3 Å². The topological polar surface area (TPSA) is 24.5 Å². The average molecular weight is 290 g/mol. The largest absolute Gasteiger partial charge is 0.491 e. The fourth-order valence-electron chi connectivity index (χ4n) is 2.77. The van der Waals surface area contributed by atoms with Crippen LogP contribution in [0.4, 0.5) is 5.69 Å². The fraction of sp³-hybridized carbons (Fsp3) is 0.667. The van der Waals surface area contributed by atoms with Crippen LogP contribution in [-0.4, -0.2) is 32.3 Å². The second-order valence-electron chi connectivity index (χ2n) is 6.99. The minimum atomic E-state index is 0.247. The normalized spacial score (nSPS) is 16.9. The molecule has 2 rings (SSSR count). The third-order valence-electron chi connectivity index (χ3n) is 4.12. The summed E-state index contributed by atoms with van der Waals surface area (Å²) in [5.41, 5.74) is 1.49. The second-order valence-corrected chi connectivity index (χ2v) is 6.99. The van der Waals surface area contributed by atoms with Crippen LogP contribution < -0.4 is 15.0 Å². The highest BCUT2D eigenvalue weighted by molar-refractivity contribution is 5.59. The Hall–Kier alpha value is -1.22. The quantitative estimate of drug-likeness (QED) is 0.895. The molecule has 1 aromatic carbocycles. The molecule has 1 aromatic rings. The fourth-order valence-corrected chi connectivity index (χ4v) is 2.77. The number of nitrogens with one attached hydrogen (secondary N) is 1. The van der Waals surface area contributed by atoms with Crippen molar-refractivity contribution in [2.24, 2.45) is 5.41 Å². The predicted molar refractivity (Wildman–Crippen MR) is 90.3 cm³/mol. The summed E-state index contributed by atoms with van der Waals surface area (Å²) in [7, 11) is 0. The van der Waals surface area contributed by atoms with E-state index >= 15 is 0 Å². The summed E-state index contributed by atoms with van der Waals surface area (Å²) in [5.74, 6) is 1.03. The van der Waals surface area contributed by atoms with E-state index in [0.717, 1.165) is 38.4 Å². The molecular formula is C18H30N2O. The molecule has 0 fully saturated rings. The molecule has 1 aliphatic heterocycles. The van der Waals surface area contributed by atoms with Crippen LogP contribution in [0.1, 0.15) is 40.5 Å². The zero-order valence-corrected chi connectivity index (χ0v) is 14.0. The van der Waals surface area contributed by atoms with Gasteiger partial charge in [0.2, 0.25) is 0 Å². The summed E-state index contributed by atoms with van der Waals surface area (Å²) in [6.07, 6.45) is 2.26. The molecule has 0 aliphatic carbocycles. The number of benzene rings is 1. The molecule has 0 aromatic heterocycles. The Kier molecular flexibility index (Phi) is 5.51. The first-order valence-corrected chi connectivity index (χ1v) is 8.22. The van der Waals surface area contributed by atoms with Crippen LogP contribution in [0.3, 0.4) is 0 Å². The first kappa shape index (κ1) is 16.2. The van der Waals surface area contributed by atoms with Crippen molar-refractivity contribution in [3.05, 3.63) is 24.3 Å². The predicted octanol–water partition coefficient (Wildman–Crippen LogP) is 3.69. The Balaban J connectivity index is 2.16. The first-order chi connectivity index (χ1) is 10.0. The average Bonchev–Trinajstić information content (AvgIpc) is 2.64. The van der Waals surface area contributed by atoms with Crippen LogP contribution in [0.2, 0.25) is 0 Å². The molecule has 3 heteroatoms. The molecule has 1 heterocycles. The van der Waals surface area contributed by atoms with E-state index in [-0.39, 0.29) is 5.41 Å². The monoisotopic (exact) mass is 290 g/mol. The number of fused-ring (bicyclic) bond motifs is 1. The first-order valence-electron chi connectivity index (χ1n) is 8.22. The van der Waals surface area contributed by atoms with Gasteiger partial charge in [-0.25, -0.2) is 0 Å². The molecule has 1 aliphatic rings. The lowest BCUT2D eigenvalue weighted by atomic mass is 9.86. The number of nitrogens with zero attached hydrogens (tertiary/aromatic N) is 1. The van der Waals surface area contributed by atoms with E-state index in [1.54, 1.807) is 0 Å². The highest BCUT2D eigenvalue weighted by atomic mass is 16.5. The molecule has 118 valence electrons. The Morgan fingerprint density at radius 1 is 1.29 bits per heavy atom. The Labute approximate surface area is 129 Å².